The number of rotatable bonds is 4. The second-order valence-corrected chi connectivity index (χ2v) is 3.03. The first-order valence-electron chi connectivity index (χ1n) is 4.89. The Hall–Kier alpha value is -1.91. The summed E-state index contributed by atoms with van der Waals surface area (Å²) in [6.07, 6.45) is -0.0606. The van der Waals surface area contributed by atoms with Crippen LogP contribution >= 0.6 is 0 Å². The third-order valence-electron chi connectivity index (χ3n) is 1.78. The minimum Gasteiger partial charge on any atom is -0.504 e. The van der Waals surface area contributed by atoms with Crippen molar-refractivity contribution >= 4 is 6.16 Å². The molecule has 0 saturated carbocycles. The van der Waals surface area contributed by atoms with E-state index in [-0.39, 0.29) is 11.5 Å². The molecule has 0 spiro atoms. The van der Waals surface area contributed by atoms with E-state index in [1.165, 1.54) is 25.3 Å². The van der Waals surface area contributed by atoms with Crippen molar-refractivity contribution in [2.24, 2.45) is 0 Å². The monoisotopic (exact) mass is 226 g/mol. The molecule has 1 rings (SSSR count). The van der Waals surface area contributed by atoms with Gasteiger partial charge in [0.1, 0.15) is 5.75 Å². The van der Waals surface area contributed by atoms with E-state index in [4.69, 9.17) is 14.2 Å². The number of ether oxygens (including phenoxy) is 3. The zero-order chi connectivity index (χ0) is 12.0. The third-order valence-corrected chi connectivity index (χ3v) is 1.78. The normalized spacial score (nSPS) is 9.62. The summed E-state index contributed by atoms with van der Waals surface area (Å²) in [7, 11) is 1.44. The van der Waals surface area contributed by atoms with Crippen LogP contribution in [0.5, 0.6) is 17.2 Å². The van der Waals surface area contributed by atoms with Crippen molar-refractivity contribution in [2.45, 2.75) is 13.3 Å². The SMILES string of the molecule is CCCOC(=O)Oc1ccc(OC)c(O)c1. The molecule has 0 fully saturated rings. The van der Waals surface area contributed by atoms with E-state index in [1.54, 1.807) is 0 Å². The largest absolute Gasteiger partial charge is 0.513 e. The number of carbonyl (C=O) groups is 1. The summed E-state index contributed by atoms with van der Waals surface area (Å²) >= 11 is 0. The number of aromatic hydroxyl groups is 1. The van der Waals surface area contributed by atoms with Crippen LogP contribution < -0.4 is 9.47 Å². The average Bonchev–Trinajstić information content (AvgIpc) is 2.26. The first kappa shape index (κ1) is 12.2. The molecule has 16 heavy (non-hydrogen) atoms. The Bertz CT molecular complexity index is 361. The standard InChI is InChI=1S/C11H14O5/c1-3-6-15-11(13)16-8-4-5-10(14-2)9(12)7-8/h4-5,7,12H,3,6H2,1-2H3. The first-order chi connectivity index (χ1) is 7.67. The molecule has 0 aliphatic carbocycles. The van der Waals surface area contributed by atoms with E-state index < -0.39 is 6.16 Å². The molecular weight excluding hydrogens is 212 g/mol. The van der Waals surface area contributed by atoms with E-state index in [0.717, 1.165) is 6.42 Å². The van der Waals surface area contributed by atoms with Crippen LogP contribution in [-0.2, 0) is 4.74 Å². The van der Waals surface area contributed by atoms with Crippen LogP contribution in [0.25, 0.3) is 0 Å². The molecule has 0 atom stereocenters. The molecular formula is C11H14O5. The van der Waals surface area contributed by atoms with Crippen molar-refractivity contribution in [1.29, 1.82) is 0 Å². The number of hydrogen-bond acceptors (Lipinski definition) is 5. The highest BCUT2D eigenvalue weighted by atomic mass is 16.7. The summed E-state index contributed by atoms with van der Waals surface area (Å²) < 4.78 is 14.4. The molecule has 0 aliphatic rings. The zero-order valence-corrected chi connectivity index (χ0v) is 9.23. The van der Waals surface area contributed by atoms with Crippen molar-refractivity contribution < 1.29 is 24.1 Å². The van der Waals surface area contributed by atoms with Gasteiger partial charge in [-0.15, -0.1) is 0 Å². The summed E-state index contributed by atoms with van der Waals surface area (Å²) in [4.78, 5) is 11.1. The lowest BCUT2D eigenvalue weighted by molar-refractivity contribution is 0.0991. The van der Waals surface area contributed by atoms with Crippen molar-refractivity contribution in [3.05, 3.63) is 18.2 Å². The highest BCUT2D eigenvalue weighted by Crippen LogP contribution is 2.29. The quantitative estimate of drug-likeness (QED) is 0.630. The van der Waals surface area contributed by atoms with Gasteiger partial charge in [-0.1, -0.05) is 6.92 Å². The summed E-state index contributed by atoms with van der Waals surface area (Å²) in [6.45, 7) is 2.19. The predicted molar refractivity (Wildman–Crippen MR) is 56.9 cm³/mol. The van der Waals surface area contributed by atoms with E-state index in [2.05, 4.69) is 0 Å². The van der Waals surface area contributed by atoms with Gasteiger partial charge in [0.25, 0.3) is 0 Å². The number of carbonyl (C=O) groups excluding carboxylic acids is 1. The van der Waals surface area contributed by atoms with Crippen LogP contribution in [0, 0.1) is 0 Å². The van der Waals surface area contributed by atoms with Crippen molar-refractivity contribution in [3.63, 3.8) is 0 Å². The predicted octanol–water partition coefficient (Wildman–Crippen LogP) is 2.33. The van der Waals surface area contributed by atoms with Gasteiger partial charge in [0, 0.05) is 6.07 Å². The number of benzene rings is 1. The molecule has 1 N–H and O–H groups in total. The van der Waals surface area contributed by atoms with Gasteiger partial charge in [0.2, 0.25) is 0 Å². The molecule has 5 nitrogen and oxygen atoms in total. The number of hydrogen-bond donors (Lipinski definition) is 1. The fourth-order valence-electron chi connectivity index (χ4n) is 1.04. The maximum atomic E-state index is 11.1. The van der Waals surface area contributed by atoms with Crippen molar-refractivity contribution in [2.75, 3.05) is 13.7 Å². The topological polar surface area (TPSA) is 65.0 Å². The third kappa shape index (κ3) is 3.34. The number of phenolic OH excluding ortho intramolecular Hbond substituents is 1. The zero-order valence-electron chi connectivity index (χ0n) is 9.23. The minimum absolute atomic E-state index is 0.0942. The number of methoxy groups -OCH3 is 1. The Morgan fingerprint density at radius 3 is 2.75 bits per heavy atom. The van der Waals surface area contributed by atoms with E-state index in [9.17, 15) is 9.90 Å². The Morgan fingerprint density at radius 2 is 2.19 bits per heavy atom. The van der Waals surface area contributed by atoms with Crippen LogP contribution in [0.15, 0.2) is 18.2 Å². The second-order valence-electron chi connectivity index (χ2n) is 3.03. The van der Waals surface area contributed by atoms with Gasteiger partial charge in [0.15, 0.2) is 11.5 Å². The van der Waals surface area contributed by atoms with Gasteiger partial charge in [0.05, 0.1) is 13.7 Å². The van der Waals surface area contributed by atoms with Crippen LogP contribution in [0.1, 0.15) is 13.3 Å². The lowest BCUT2D eigenvalue weighted by Gasteiger charge is -2.07. The van der Waals surface area contributed by atoms with E-state index in [1.807, 2.05) is 6.92 Å². The van der Waals surface area contributed by atoms with Crippen LogP contribution in [-0.4, -0.2) is 25.0 Å². The molecule has 1 aromatic rings. The van der Waals surface area contributed by atoms with Crippen molar-refractivity contribution in [3.8, 4) is 17.2 Å². The molecule has 0 unspecified atom stereocenters. The van der Waals surface area contributed by atoms with Gasteiger partial charge >= 0.3 is 6.16 Å². The maximum Gasteiger partial charge on any atom is 0.513 e. The van der Waals surface area contributed by atoms with Crippen LogP contribution in [0.2, 0.25) is 0 Å². The summed E-state index contributed by atoms with van der Waals surface area (Å²) in [5.41, 5.74) is 0. The van der Waals surface area contributed by atoms with E-state index >= 15 is 0 Å². The van der Waals surface area contributed by atoms with Crippen LogP contribution in [0.3, 0.4) is 0 Å². The van der Waals surface area contributed by atoms with Crippen LogP contribution in [0.4, 0.5) is 4.79 Å². The summed E-state index contributed by atoms with van der Waals surface area (Å²) in [6, 6.07) is 4.29. The van der Waals surface area contributed by atoms with Gasteiger partial charge in [-0.05, 0) is 18.6 Å². The highest BCUT2D eigenvalue weighted by molar-refractivity contribution is 5.64. The Kier molecular flexibility index (Phi) is 4.44. The molecule has 0 amide bonds. The Morgan fingerprint density at radius 1 is 1.44 bits per heavy atom. The summed E-state index contributed by atoms with van der Waals surface area (Å²) in [5, 5.41) is 9.42. The Labute approximate surface area is 93.6 Å². The molecule has 1 aromatic carbocycles. The fraction of sp³-hybridized carbons (Fsp3) is 0.364. The molecule has 0 aromatic heterocycles. The Balaban J connectivity index is 2.61. The van der Waals surface area contributed by atoms with Gasteiger partial charge in [-0.2, -0.15) is 0 Å². The lowest BCUT2D eigenvalue weighted by atomic mass is 10.3. The van der Waals surface area contributed by atoms with Gasteiger partial charge in [-0.25, -0.2) is 4.79 Å². The van der Waals surface area contributed by atoms with Gasteiger partial charge in [-0.3, -0.25) is 0 Å². The van der Waals surface area contributed by atoms with E-state index in [0.29, 0.717) is 12.4 Å². The molecule has 0 radical (unpaired) electrons. The minimum atomic E-state index is -0.786. The maximum absolute atomic E-state index is 11.1. The molecule has 0 bridgehead atoms. The highest BCUT2D eigenvalue weighted by Gasteiger charge is 2.08. The number of phenols is 1. The molecule has 88 valence electrons. The van der Waals surface area contributed by atoms with Crippen molar-refractivity contribution in [1.82, 2.24) is 0 Å². The fourth-order valence-corrected chi connectivity index (χ4v) is 1.04. The first-order valence-corrected chi connectivity index (χ1v) is 4.89. The van der Waals surface area contributed by atoms with Gasteiger partial charge < -0.3 is 19.3 Å². The molecule has 0 aliphatic heterocycles. The molecule has 0 heterocycles. The second kappa shape index (κ2) is 5.85. The summed E-state index contributed by atoms with van der Waals surface area (Å²) in [5.74, 6) is 0.428. The lowest BCUT2D eigenvalue weighted by Crippen LogP contribution is -2.10. The molecule has 0 saturated heterocycles. The average molecular weight is 226 g/mol. The molecule has 5 heteroatoms. The smallest absolute Gasteiger partial charge is 0.504 e.